The van der Waals surface area contributed by atoms with E-state index < -0.39 is 0 Å². The van der Waals surface area contributed by atoms with Crippen molar-refractivity contribution >= 4 is 22.7 Å². The summed E-state index contributed by atoms with van der Waals surface area (Å²) in [6.07, 6.45) is 6.50. The number of nitrogens with zero attached hydrogens (tertiary/aromatic N) is 3. The van der Waals surface area contributed by atoms with E-state index in [1.807, 2.05) is 0 Å². The van der Waals surface area contributed by atoms with Crippen LogP contribution in [0.3, 0.4) is 0 Å². The summed E-state index contributed by atoms with van der Waals surface area (Å²) in [5.41, 5.74) is 6.54. The molecule has 118 valence electrons. The quantitative estimate of drug-likeness (QED) is 0.719. The smallest absolute Gasteiger partial charge is 0.181 e. The molecule has 4 rings (SSSR count). The van der Waals surface area contributed by atoms with Gasteiger partial charge in [-0.2, -0.15) is 0 Å². The molecule has 3 heterocycles. The zero-order chi connectivity index (χ0) is 16.0. The first kappa shape index (κ1) is 14.3. The van der Waals surface area contributed by atoms with E-state index in [1.54, 1.807) is 6.20 Å². The molecule has 1 aromatic carbocycles. The van der Waals surface area contributed by atoms with Crippen molar-refractivity contribution in [2.45, 2.75) is 26.8 Å². The second-order valence-corrected chi connectivity index (χ2v) is 6.48. The first-order valence-corrected chi connectivity index (χ1v) is 8.01. The first-order valence-electron chi connectivity index (χ1n) is 8.01. The molecule has 0 amide bonds. The van der Waals surface area contributed by atoms with E-state index in [9.17, 15) is 0 Å². The van der Waals surface area contributed by atoms with Crippen LogP contribution in [0.5, 0.6) is 0 Å². The normalized spacial score (nSPS) is 16.0. The summed E-state index contributed by atoms with van der Waals surface area (Å²) < 4.78 is 7.78. The Bertz CT molecular complexity index is 887. The Balaban J connectivity index is 1.94. The number of aryl methyl sites for hydroxylation is 1. The van der Waals surface area contributed by atoms with Gasteiger partial charge < -0.3 is 13.9 Å². The number of hydrogen-bond donors (Lipinski definition) is 0. The minimum absolute atomic E-state index is 0.820. The molecule has 1 aliphatic rings. The van der Waals surface area contributed by atoms with Crippen molar-refractivity contribution in [1.29, 1.82) is 0 Å². The number of fused-ring (bicyclic) bond motifs is 3. The van der Waals surface area contributed by atoms with Crippen molar-refractivity contribution in [1.82, 2.24) is 14.5 Å². The average molecular weight is 307 g/mol. The molecule has 3 aromatic rings. The van der Waals surface area contributed by atoms with Gasteiger partial charge >= 0.3 is 0 Å². The number of benzene rings is 1. The molecule has 0 bridgehead atoms. The summed E-state index contributed by atoms with van der Waals surface area (Å²) in [6.45, 7) is 6.34. The van der Waals surface area contributed by atoms with Crippen LogP contribution < -0.4 is 0 Å². The van der Waals surface area contributed by atoms with Gasteiger partial charge in [0.25, 0.3) is 0 Å². The van der Waals surface area contributed by atoms with E-state index in [2.05, 4.69) is 59.7 Å². The molecule has 0 spiro atoms. The molecule has 0 fully saturated rings. The van der Waals surface area contributed by atoms with E-state index in [4.69, 9.17) is 4.42 Å². The van der Waals surface area contributed by atoms with Gasteiger partial charge in [0, 0.05) is 42.4 Å². The van der Waals surface area contributed by atoms with E-state index in [0.717, 1.165) is 30.8 Å². The van der Waals surface area contributed by atoms with Crippen LogP contribution in [0.15, 0.2) is 35.2 Å². The van der Waals surface area contributed by atoms with Gasteiger partial charge in [-0.15, -0.1) is 0 Å². The molecule has 23 heavy (non-hydrogen) atoms. The molecule has 0 radical (unpaired) electrons. The molecular formula is C19H21N3O. The predicted octanol–water partition coefficient (Wildman–Crippen LogP) is 3.94. The Kier molecular flexibility index (Phi) is 3.34. The average Bonchev–Trinajstić information content (AvgIpc) is 3.15. The summed E-state index contributed by atoms with van der Waals surface area (Å²) in [5, 5.41) is 1.37. The van der Waals surface area contributed by atoms with Crippen molar-refractivity contribution in [3.63, 3.8) is 0 Å². The van der Waals surface area contributed by atoms with Gasteiger partial charge in [0.15, 0.2) is 12.2 Å². The molecule has 0 unspecified atom stereocenters. The lowest BCUT2D eigenvalue weighted by Gasteiger charge is -2.23. The molecule has 2 aromatic heterocycles. The molecule has 4 nitrogen and oxygen atoms in total. The summed E-state index contributed by atoms with van der Waals surface area (Å²) in [6, 6.07) is 6.72. The van der Waals surface area contributed by atoms with Crippen molar-refractivity contribution in [2.24, 2.45) is 0 Å². The third kappa shape index (κ3) is 2.39. The highest BCUT2D eigenvalue weighted by molar-refractivity contribution is 5.90. The molecular weight excluding hydrogens is 286 g/mol. The van der Waals surface area contributed by atoms with Crippen LogP contribution in [0.2, 0.25) is 0 Å². The fourth-order valence-corrected chi connectivity index (χ4v) is 3.46. The lowest BCUT2D eigenvalue weighted by molar-refractivity contribution is 0.312. The second-order valence-electron chi connectivity index (χ2n) is 6.48. The van der Waals surface area contributed by atoms with Crippen LogP contribution in [0.25, 0.3) is 22.7 Å². The highest BCUT2D eigenvalue weighted by Crippen LogP contribution is 2.32. The minimum atomic E-state index is 0.820. The Morgan fingerprint density at radius 1 is 1.35 bits per heavy atom. The fraction of sp³-hybridized carbons (Fsp3) is 0.316. The third-order valence-corrected chi connectivity index (χ3v) is 4.68. The molecule has 0 atom stereocenters. The molecule has 0 aliphatic carbocycles. The maximum atomic E-state index is 5.44. The van der Waals surface area contributed by atoms with Gasteiger partial charge in [0.05, 0.1) is 11.7 Å². The van der Waals surface area contributed by atoms with Gasteiger partial charge in [-0.3, -0.25) is 0 Å². The largest absolute Gasteiger partial charge is 0.444 e. The maximum Gasteiger partial charge on any atom is 0.181 e. The van der Waals surface area contributed by atoms with E-state index in [0.29, 0.717) is 0 Å². The Hall–Kier alpha value is -2.33. The van der Waals surface area contributed by atoms with Gasteiger partial charge in [-0.1, -0.05) is 11.6 Å². The topological polar surface area (TPSA) is 34.2 Å². The van der Waals surface area contributed by atoms with Crippen molar-refractivity contribution in [3.05, 3.63) is 53.4 Å². The second kappa shape index (κ2) is 5.39. The standard InChI is InChI=1S/C19H21N3O/c1-13-4-5-17-15(8-13)16-11-21(3)7-6-18(16)22(17)10-14(2)19-9-20-12-23-19/h4-5,8-10,12H,6-7,11H2,1-3H3. The van der Waals surface area contributed by atoms with E-state index in [-0.39, 0.29) is 0 Å². The number of aromatic nitrogens is 2. The molecule has 4 heteroatoms. The summed E-state index contributed by atoms with van der Waals surface area (Å²) in [5.74, 6) is 0.820. The number of oxazole rings is 1. The first-order chi connectivity index (χ1) is 11.1. The zero-order valence-electron chi connectivity index (χ0n) is 13.8. The van der Waals surface area contributed by atoms with Gasteiger partial charge in [-0.05, 0) is 38.6 Å². The van der Waals surface area contributed by atoms with E-state index in [1.165, 1.54) is 34.1 Å². The minimum Gasteiger partial charge on any atom is -0.444 e. The zero-order valence-corrected chi connectivity index (χ0v) is 13.8. The van der Waals surface area contributed by atoms with Crippen LogP contribution in [0.1, 0.15) is 29.5 Å². The van der Waals surface area contributed by atoms with Crippen LogP contribution in [0.4, 0.5) is 0 Å². The SMILES string of the molecule is CC(=Cn1c2c(c3cc(C)ccc31)CN(C)CC2)c1cnco1. The van der Waals surface area contributed by atoms with Crippen molar-refractivity contribution < 1.29 is 4.42 Å². The van der Waals surface area contributed by atoms with Crippen LogP contribution in [-0.4, -0.2) is 28.0 Å². The summed E-state index contributed by atoms with van der Waals surface area (Å²) >= 11 is 0. The van der Waals surface area contributed by atoms with Gasteiger partial charge in [0.2, 0.25) is 0 Å². The third-order valence-electron chi connectivity index (χ3n) is 4.68. The van der Waals surface area contributed by atoms with Crippen LogP contribution in [0, 0.1) is 6.92 Å². The van der Waals surface area contributed by atoms with Crippen LogP contribution >= 0.6 is 0 Å². The maximum absolute atomic E-state index is 5.44. The predicted molar refractivity (Wildman–Crippen MR) is 93.1 cm³/mol. The number of hydrogen-bond acceptors (Lipinski definition) is 3. The molecule has 1 aliphatic heterocycles. The number of allylic oxidation sites excluding steroid dienone is 1. The molecule has 0 saturated heterocycles. The molecule has 0 N–H and O–H groups in total. The highest BCUT2D eigenvalue weighted by Gasteiger charge is 2.21. The summed E-state index contributed by atoms with van der Waals surface area (Å²) in [4.78, 5) is 6.41. The lowest BCUT2D eigenvalue weighted by Crippen LogP contribution is -2.26. The van der Waals surface area contributed by atoms with E-state index >= 15 is 0 Å². The summed E-state index contributed by atoms with van der Waals surface area (Å²) in [7, 11) is 2.19. The van der Waals surface area contributed by atoms with Gasteiger partial charge in [0.1, 0.15) is 0 Å². The number of rotatable bonds is 2. The van der Waals surface area contributed by atoms with Crippen molar-refractivity contribution in [2.75, 3.05) is 13.6 Å². The Labute approximate surface area is 136 Å². The lowest BCUT2D eigenvalue weighted by atomic mass is 10.0. The van der Waals surface area contributed by atoms with Crippen molar-refractivity contribution in [3.8, 4) is 0 Å². The monoisotopic (exact) mass is 307 g/mol. The van der Waals surface area contributed by atoms with Crippen LogP contribution in [-0.2, 0) is 13.0 Å². The van der Waals surface area contributed by atoms with Gasteiger partial charge in [-0.25, -0.2) is 4.98 Å². The fourth-order valence-electron chi connectivity index (χ4n) is 3.46. The Morgan fingerprint density at radius 2 is 2.22 bits per heavy atom. The molecule has 0 saturated carbocycles. The Morgan fingerprint density at radius 3 is 3.00 bits per heavy atom. The number of likely N-dealkylation sites (N-methyl/N-ethyl adjacent to an activating group) is 1. The highest BCUT2D eigenvalue weighted by atomic mass is 16.3.